The van der Waals surface area contributed by atoms with Gasteiger partial charge in [0, 0.05) is 22.2 Å². The number of H-pyrrole nitrogens is 1. The van der Waals surface area contributed by atoms with Crippen LogP contribution >= 0.6 is 0 Å². The molecule has 138 valence electrons. The highest BCUT2D eigenvalue weighted by atomic mass is 16.2. The van der Waals surface area contributed by atoms with Gasteiger partial charge in [-0.25, -0.2) is 4.98 Å². The van der Waals surface area contributed by atoms with Crippen LogP contribution in [0.25, 0.3) is 11.3 Å². The third-order valence-corrected chi connectivity index (χ3v) is 4.12. The van der Waals surface area contributed by atoms with Crippen molar-refractivity contribution in [3.05, 3.63) is 71.7 Å². The van der Waals surface area contributed by atoms with Crippen molar-refractivity contribution in [1.82, 2.24) is 9.97 Å². The minimum Gasteiger partial charge on any atom is -0.366 e. The number of imidazole rings is 1. The van der Waals surface area contributed by atoms with Crippen molar-refractivity contribution in [1.29, 1.82) is 0 Å². The first-order valence-corrected chi connectivity index (χ1v) is 8.63. The number of aromatic amines is 1. The second-order valence-electron chi connectivity index (χ2n) is 7.32. The number of amides is 2. The fraction of sp³-hybridized carbons (Fsp3) is 0.190. The summed E-state index contributed by atoms with van der Waals surface area (Å²) < 4.78 is 0. The summed E-state index contributed by atoms with van der Waals surface area (Å²) in [5.41, 5.74) is 7.78. The van der Waals surface area contributed by atoms with Crippen molar-refractivity contribution < 1.29 is 9.59 Å². The van der Waals surface area contributed by atoms with Crippen molar-refractivity contribution in [3.63, 3.8) is 0 Å². The third-order valence-electron chi connectivity index (χ3n) is 4.12. The lowest BCUT2D eigenvalue weighted by Crippen LogP contribution is -2.16. The summed E-state index contributed by atoms with van der Waals surface area (Å²) >= 11 is 0. The molecule has 27 heavy (non-hydrogen) atoms. The van der Waals surface area contributed by atoms with E-state index in [9.17, 15) is 9.59 Å². The number of anilines is 1. The van der Waals surface area contributed by atoms with E-state index >= 15 is 0 Å². The van der Waals surface area contributed by atoms with Gasteiger partial charge in [-0.15, -0.1) is 0 Å². The van der Waals surface area contributed by atoms with E-state index in [1.165, 1.54) is 0 Å². The first-order valence-electron chi connectivity index (χ1n) is 8.63. The van der Waals surface area contributed by atoms with E-state index in [0.717, 1.165) is 5.56 Å². The number of rotatable bonds is 4. The maximum absolute atomic E-state index is 12.9. The van der Waals surface area contributed by atoms with Gasteiger partial charge in [0.25, 0.3) is 5.91 Å². The molecule has 0 unspecified atom stereocenters. The molecule has 0 spiro atoms. The lowest BCUT2D eigenvalue weighted by molar-refractivity contribution is 0.0997. The summed E-state index contributed by atoms with van der Waals surface area (Å²) in [6.07, 6.45) is 0. The molecular formula is C21H22N4O2. The zero-order chi connectivity index (χ0) is 19.6. The molecule has 0 bridgehead atoms. The van der Waals surface area contributed by atoms with Crippen molar-refractivity contribution >= 4 is 17.5 Å². The molecule has 6 heteroatoms. The number of primary amides is 1. The van der Waals surface area contributed by atoms with Gasteiger partial charge >= 0.3 is 0 Å². The molecule has 0 aliphatic carbocycles. The van der Waals surface area contributed by atoms with Gasteiger partial charge in [-0.3, -0.25) is 9.59 Å². The van der Waals surface area contributed by atoms with E-state index in [-0.39, 0.29) is 11.3 Å². The van der Waals surface area contributed by atoms with E-state index in [0.29, 0.717) is 28.5 Å². The lowest BCUT2D eigenvalue weighted by Gasteiger charge is -2.14. The molecule has 1 aromatic heterocycles. The molecule has 0 radical (unpaired) electrons. The molecule has 0 aliphatic rings. The zero-order valence-electron chi connectivity index (χ0n) is 15.5. The molecule has 0 aliphatic heterocycles. The standard InChI is InChI=1S/C21H22N4O2/c1-21(2,3)20-24-16(13-9-11-14(12-10-13)18(22)26)17(25-20)19(27)23-15-7-5-4-6-8-15/h4-12H,1-3H3,(H2,22,26)(H,23,27)(H,24,25). The quantitative estimate of drug-likeness (QED) is 0.659. The molecule has 3 aromatic rings. The van der Waals surface area contributed by atoms with Crippen LogP contribution in [-0.4, -0.2) is 21.8 Å². The molecule has 4 N–H and O–H groups in total. The molecule has 0 saturated heterocycles. The molecule has 1 heterocycles. The highest BCUT2D eigenvalue weighted by molar-refractivity contribution is 6.07. The lowest BCUT2D eigenvalue weighted by atomic mass is 9.96. The highest BCUT2D eigenvalue weighted by Gasteiger charge is 2.25. The Labute approximate surface area is 157 Å². The summed E-state index contributed by atoms with van der Waals surface area (Å²) in [4.78, 5) is 32.0. The van der Waals surface area contributed by atoms with Crippen molar-refractivity contribution in [2.45, 2.75) is 26.2 Å². The molecular weight excluding hydrogens is 340 g/mol. The van der Waals surface area contributed by atoms with Crippen LogP contribution in [0.4, 0.5) is 5.69 Å². The largest absolute Gasteiger partial charge is 0.366 e. The van der Waals surface area contributed by atoms with Crippen LogP contribution in [0.3, 0.4) is 0 Å². The number of hydrogen-bond donors (Lipinski definition) is 3. The highest BCUT2D eigenvalue weighted by Crippen LogP contribution is 2.28. The van der Waals surface area contributed by atoms with Crippen LogP contribution in [-0.2, 0) is 5.41 Å². The van der Waals surface area contributed by atoms with Gasteiger partial charge < -0.3 is 16.0 Å². The Balaban J connectivity index is 2.02. The second-order valence-corrected chi connectivity index (χ2v) is 7.32. The molecule has 0 atom stereocenters. The molecule has 0 saturated carbocycles. The van der Waals surface area contributed by atoms with Gasteiger partial charge in [0.15, 0.2) is 0 Å². The number of nitrogens with one attached hydrogen (secondary N) is 2. The van der Waals surface area contributed by atoms with Crippen molar-refractivity contribution in [3.8, 4) is 11.3 Å². The molecule has 0 fully saturated rings. The number of nitrogens with two attached hydrogens (primary N) is 1. The van der Waals surface area contributed by atoms with E-state index < -0.39 is 5.91 Å². The summed E-state index contributed by atoms with van der Waals surface area (Å²) in [6.45, 7) is 6.06. The third kappa shape index (κ3) is 4.06. The molecule has 6 nitrogen and oxygen atoms in total. The van der Waals surface area contributed by atoms with Gasteiger partial charge in [-0.05, 0) is 24.3 Å². The van der Waals surface area contributed by atoms with Crippen LogP contribution in [0.2, 0.25) is 0 Å². The van der Waals surface area contributed by atoms with Crippen molar-refractivity contribution in [2.24, 2.45) is 5.73 Å². The molecule has 2 aromatic carbocycles. The van der Waals surface area contributed by atoms with Gasteiger partial charge in [0.2, 0.25) is 5.91 Å². The Morgan fingerprint density at radius 1 is 1.00 bits per heavy atom. The fourth-order valence-electron chi connectivity index (χ4n) is 2.61. The maximum Gasteiger partial charge on any atom is 0.274 e. The summed E-state index contributed by atoms with van der Waals surface area (Å²) in [7, 11) is 0. The summed E-state index contributed by atoms with van der Waals surface area (Å²) in [6, 6.07) is 16.0. The number of hydrogen-bond acceptors (Lipinski definition) is 3. The summed E-state index contributed by atoms with van der Waals surface area (Å²) in [5, 5.41) is 2.88. The predicted molar refractivity (Wildman–Crippen MR) is 106 cm³/mol. The predicted octanol–water partition coefficient (Wildman–Crippen LogP) is 3.73. The van der Waals surface area contributed by atoms with E-state index in [4.69, 9.17) is 5.73 Å². The van der Waals surface area contributed by atoms with E-state index in [2.05, 4.69) is 15.3 Å². The van der Waals surface area contributed by atoms with Crippen molar-refractivity contribution in [2.75, 3.05) is 5.32 Å². The Kier molecular flexibility index (Phi) is 4.81. The number of nitrogens with zero attached hydrogens (tertiary/aromatic N) is 1. The first kappa shape index (κ1) is 18.4. The maximum atomic E-state index is 12.9. The van der Waals surface area contributed by atoms with Crippen LogP contribution in [0.5, 0.6) is 0 Å². The van der Waals surface area contributed by atoms with Crippen LogP contribution in [0, 0.1) is 0 Å². The normalized spacial score (nSPS) is 11.2. The first-order chi connectivity index (χ1) is 12.8. The van der Waals surface area contributed by atoms with Crippen LogP contribution < -0.4 is 11.1 Å². The van der Waals surface area contributed by atoms with Gasteiger partial charge in [-0.2, -0.15) is 0 Å². The van der Waals surface area contributed by atoms with Gasteiger partial charge in [0.05, 0.1) is 0 Å². The Morgan fingerprint density at radius 3 is 2.19 bits per heavy atom. The minimum absolute atomic E-state index is 0.257. The topological polar surface area (TPSA) is 101 Å². The Bertz CT molecular complexity index is 968. The zero-order valence-corrected chi connectivity index (χ0v) is 15.5. The SMILES string of the molecule is CC(C)(C)c1nc(-c2ccc(C(N)=O)cc2)c(C(=O)Nc2ccccc2)[nH]1. The van der Waals surface area contributed by atoms with Crippen LogP contribution in [0.15, 0.2) is 54.6 Å². The van der Waals surface area contributed by atoms with E-state index in [1.54, 1.807) is 24.3 Å². The smallest absolute Gasteiger partial charge is 0.274 e. The summed E-state index contributed by atoms with van der Waals surface area (Å²) in [5.74, 6) is -0.0751. The van der Waals surface area contributed by atoms with Gasteiger partial charge in [-0.1, -0.05) is 51.1 Å². The number of para-hydroxylation sites is 1. The second kappa shape index (κ2) is 7.07. The number of carbonyl (C=O) groups is 2. The Morgan fingerprint density at radius 2 is 1.63 bits per heavy atom. The molecule has 2 amide bonds. The minimum atomic E-state index is -0.499. The fourth-order valence-corrected chi connectivity index (χ4v) is 2.61. The van der Waals surface area contributed by atoms with Crippen LogP contribution in [0.1, 0.15) is 47.4 Å². The van der Waals surface area contributed by atoms with Gasteiger partial charge in [0.1, 0.15) is 17.2 Å². The average Bonchev–Trinajstić information content (AvgIpc) is 3.08. The Hall–Kier alpha value is -3.41. The number of carbonyl (C=O) groups excluding carboxylic acids is 2. The van der Waals surface area contributed by atoms with E-state index in [1.807, 2.05) is 51.1 Å². The number of aromatic nitrogens is 2. The molecule has 3 rings (SSSR count). The average molecular weight is 362 g/mol. The monoisotopic (exact) mass is 362 g/mol. The number of benzene rings is 2.